The summed E-state index contributed by atoms with van der Waals surface area (Å²) in [6, 6.07) is 6.89. The van der Waals surface area contributed by atoms with Gasteiger partial charge in [-0.3, -0.25) is 0 Å². The first-order valence-corrected chi connectivity index (χ1v) is 8.60. The van der Waals surface area contributed by atoms with E-state index in [-0.39, 0.29) is 17.6 Å². The van der Waals surface area contributed by atoms with Crippen molar-refractivity contribution >= 4 is 5.82 Å². The van der Waals surface area contributed by atoms with Gasteiger partial charge < -0.3 is 14.4 Å². The van der Waals surface area contributed by atoms with Gasteiger partial charge in [-0.1, -0.05) is 0 Å². The summed E-state index contributed by atoms with van der Waals surface area (Å²) in [5.41, 5.74) is 0.725. The van der Waals surface area contributed by atoms with Gasteiger partial charge in [-0.15, -0.1) is 5.10 Å². The SMILES string of the molecule is Cc1ccc(N2CCC3(CC2)CC(Oc2ncccc2F)CO3)nn1. The Kier molecular flexibility index (Phi) is 4.25. The summed E-state index contributed by atoms with van der Waals surface area (Å²) in [6.45, 7) is 4.13. The lowest BCUT2D eigenvalue weighted by Gasteiger charge is -2.38. The number of halogens is 1. The van der Waals surface area contributed by atoms with Crippen LogP contribution in [0.15, 0.2) is 30.5 Å². The van der Waals surface area contributed by atoms with E-state index < -0.39 is 5.82 Å². The minimum absolute atomic E-state index is 0.0560. The summed E-state index contributed by atoms with van der Waals surface area (Å²) in [7, 11) is 0. The van der Waals surface area contributed by atoms with Crippen LogP contribution < -0.4 is 9.64 Å². The second-order valence-corrected chi connectivity index (χ2v) is 6.75. The smallest absolute Gasteiger partial charge is 0.250 e. The first-order valence-electron chi connectivity index (χ1n) is 8.60. The molecule has 2 aliphatic heterocycles. The summed E-state index contributed by atoms with van der Waals surface area (Å²) in [4.78, 5) is 6.19. The van der Waals surface area contributed by atoms with Crippen LogP contribution in [0.3, 0.4) is 0 Å². The van der Waals surface area contributed by atoms with E-state index in [0.29, 0.717) is 6.61 Å². The number of rotatable bonds is 3. The van der Waals surface area contributed by atoms with Crippen LogP contribution in [0.25, 0.3) is 0 Å². The van der Waals surface area contributed by atoms with Gasteiger partial charge in [0.25, 0.3) is 5.88 Å². The van der Waals surface area contributed by atoms with Crippen LogP contribution in [-0.2, 0) is 4.74 Å². The normalized spacial score (nSPS) is 22.3. The van der Waals surface area contributed by atoms with E-state index >= 15 is 0 Å². The van der Waals surface area contributed by atoms with E-state index in [4.69, 9.17) is 9.47 Å². The Morgan fingerprint density at radius 1 is 1.24 bits per heavy atom. The van der Waals surface area contributed by atoms with Crippen LogP contribution >= 0.6 is 0 Å². The lowest BCUT2D eigenvalue weighted by Crippen LogP contribution is -2.44. The fraction of sp³-hybridized carbons (Fsp3) is 0.500. The van der Waals surface area contributed by atoms with Crippen LogP contribution in [0.1, 0.15) is 25.0 Å². The van der Waals surface area contributed by atoms with Crippen molar-refractivity contribution in [3.63, 3.8) is 0 Å². The molecule has 0 bridgehead atoms. The minimum Gasteiger partial charge on any atom is -0.470 e. The third-order valence-electron chi connectivity index (χ3n) is 4.96. The first kappa shape index (κ1) is 16.2. The highest BCUT2D eigenvalue weighted by molar-refractivity contribution is 5.38. The largest absolute Gasteiger partial charge is 0.470 e. The van der Waals surface area contributed by atoms with Crippen LogP contribution in [0.4, 0.5) is 10.2 Å². The summed E-state index contributed by atoms with van der Waals surface area (Å²) >= 11 is 0. The Morgan fingerprint density at radius 3 is 2.80 bits per heavy atom. The van der Waals surface area contributed by atoms with Crippen molar-refractivity contribution in [2.75, 3.05) is 24.6 Å². The number of pyridine rings is 1. The fourth-order valence-electron chi connectivity index (χ4n) is 3.55. The minimum atomic E-state index is -0.434. The zero-order chi connectivity index (χ0) is 17.3. The average Bonchev–Trinajstić information content (AvgIpc) is 3.01. The van der Waals surface area contributed by atoms with Crippen LogP contribution in [0.2, 0.25) is 0 Å². The molecular formula is C18H21FN4O2. The van der Waals surface area contributed by atoms with Crippen LogP contribution in [0.5, 0.6) is 5.88 Å². The number of nitrogens with zero attached hydrogens (tertiary/aromatic N) is 4. The number of hydrogen-bond donors (Lipinski definition) is 0. The predicted molar refractivity (Wildman–Crippen MR) is 90.1 cm³/mol. The number of aromatic nitrogens is 3. The zero-order valence-corrected chi connectivity index (χ0v) is 14.2. The molecule has 1 unspecified atom stereocenters. The number of aryl methyl sites for hydroxylation is 1. The second-order valence-electron chi connectivity index (χ2n) is 6.75. The van der Waals surface area contributed by atoms with Gasteiger partial charge in [-0.05, 0) is 44.0 Å². The molecule has 0 amide bonds. The second kappa shape index (κ2) is 6.55. The van der Waals surface area contributed by atoms with Crippen molar-refractivity contribution in [1.29, 1.82) is 0 Å². The molecule has 4 heterocycles. The standard InChI is InChI=1S/C18H21FN4O2/c1-13-4-5-16(22-21-13)23-9-6-18(7-10-23)11-14(12-24-18)25-17-15(19)3-2-8-20-17/h2-5,8,14H,6-7,9-12H2,1H3. The van der Waals surface area contributed by atoms with Gasteiger partial charge in [-0.25, -0.2) is 9.37 Å². The topological polar surface area (TPSA) is 60.4 Å². The maximum atomic E-state index is 13.7. The Morgan fingerprint density at radius 2 is 2.08 bits per heavy atom. The predicted octanol–water partition coefficient (Wildman–Crippen LogP) is 2.53. The molecule has 2 fully saturated rings. The molecule has 0 aromatic carbocycles. The molecule has 132 valence electrons. The highest BCUT2D eigenvalue weighted by Crippen LogP contribution is 2.38. The van der Waals surface area contributed by atoms with Crippen molar-refractivity contribution in [2.45, 2.75) is 37.9 Å². The maximum Gasteiger partial charge on any atom is 0.250 e. The van der Waals surface area contributed by atoms with Crippen molar-refractivity contribution in [1.82, 2.24) is 15.2 Å². The van der Waals surface area contributed by atoms with Crippen LogP contribution in [-0.4, -0.2) is 46.6 Å². The summed E-state index contributed by atoms with van der Waals surface area (Å²) in [6.07, 6.45) is 3.93. The molecule has 2 aliphatic rings. The Balaban J connectivity index is 1.36. The molecule has 2 aromatic rings. The Hall–Kier alpha value is -2.28. The van der Waals surface area contributed by atoms with Gasteiger partial charge in [0.05, 0.1) is 17.9 Å². The van der Waals surface area contributed by atoms with Gasteiger partial charge in [0.15, 0.2) is 11.6 Å². The third-order valence-corrected chi connectivity index (χ3v) is 4.96. The van der Waals surface area contributed by atoms with E-state index in [2.05, 4.69) is 20.1 Å². The van der Waals surface area contributed by atoms with E-state index in [1.54, 1.807) is 6.07 Å². The van der Waals surface area contributed by atoms with Gasteiger partial charge >= 0.3 is 0 Å². The lowest BCUT2D eigenvalue weighted by atomic mass is 9.88. The molecular weight excluding hydrogens is 323 g/mol. The molecule has 2 aromatic heterocycles. The molecule has 6 nitrogen and oxygen atoms in total. The number of anilines is 1. The molecule has 0 N–H and O–H groups in total. The van der Waals surface area contributed by atoms with Gasteiger partial charge in [0.2, 0.25) is 0 Å². The van der Waals surface area contributed by atoms with E-state index in [1.807, 2.05) is 19.1 Å². The molecule has 7 heteroatoms. The maximum absolute atomic E-state index is 13.7. The van der Waals surface area contributed by atoms with Gasteiger partial charge in [-0.2, -0.15) is 5.10 Å². The molecule has 2 saturated heterocycles. The molecule has 0 aliphatic carbocycles. The third kappa shape index (κ3) is 3.42. The van der Waals surface area contributed by atoms with Crippen molar-refractivity contribution < 1.29 is 13.9 Å². The van der Waals surface area contributed by atoms with Gasteiger partial charge in [0.1, 0.15) is 6.10 Å². The first-order chi connectivity index (χ1) is 12.1. The van der Waals surface area contributed by atoms with Crippen molar-refractivity contribution in [2.24, 2.45) is 0 Å². The molecule has 1 atom stereocenters. The Bertz CT molecular complexity index is 732. The Labute approximate surface area is 146 Å². The summed E-state index contributed by atoms with van der Waals surface area (Å²) in [5.74, 6) is 0.526. The fourth-order valence-corrected chi connectivity index (χ4v) is 3.55. The lowest BCUT2D eigenvalue weighted by molar-refractivity contribution is -0.0164. The number of hydrogen-bond acceptors (Lipinski definition) is 6. The van der Waals surface area contributed by atoms with E-state index in [0.717, 1.165) is 43.9 Å². The molecule has 25 heavy (non-hydrogen) atoms. The zero-order valence-electron chi connectivity index (χ0n) is 14.2. The average molecular weight is 344 g/mol. The van der Waals surface area contributed by atoms with E-state index in [9.17, 15) is 4.39 Å². The number of piperidine rings is 1. The summed E-state index contributed by atoms with van der Waals surface area (Å²) in [5, 5.41) is 8.38. The quantitative estimate of drug-likeness (QED) is 0.853. The molecule has 0 radical (unpaired) electrons. The van der Waals surface area contributed by atoms with E-state index in [1.165, 1.54) is 12.3 Å². The highest BCUT2D eigenvalue weighted by Gasteiger charge is 2.44. The number of ether oxygens (including phenoxy) is 2. The van der Waals surface area contributed by atoms with Crippen LogP contribution in [0, 0.1) is 12.7 Å². The summed E-state index contributed by atoms with van der Waals surface area (Å²) < 4.78 is 25.5. The van der Waals surface area contributed by atoms with Crippen molar-refractivity contribution in [3.05, 3.63) is 42.0 Å². The monoisotopic (exact) mass is 344 g/mol. The molecule has 4 rings (SSSR count). The van der Waals surface area contributed by atoms with Crippen molar-refractivity contribution in [3.8, 4) is 5.88 Å². The van der Waals surface area contributed by atoms with Gasteiger partial charge in [0, 0.05) is 25.7 Å². The highest BCUT2D eigenvalue weighted by atomic mass is 19.1. The molecule has 1 spiro atoms. The molecule has 0 saturated carbocycles.